The van der Waals surface area contributed by atoms with Gasteiger partial charge in [0.15, 0.2) is 0 Å². The van der Waals surface area contributed by atoms with Crippen molar-refractivity contribution in [3.8, 4) is 0 Å². The average Bonchev–Trinajstić information content (AvgIpc) is 2.87. The van der Waals surface area contributed by atoms with E-state index in [1.165, 1.54) is 42.6 Å². The Labute approximate surface area is 116 Å². The molecule has 0 bridgehead atoms. The predicted octanol–water partition coefficient (Wildman–Crippen LogP) is 3.32. The molecule has 1 fully saturated rings. The van der Waals surface area contributed by atoms with Crippen molar-refractivity contribution < 1.29 is 0 Å². The molecule has 0 amide bonds. The van der Waals surface area contributed by atoms with Gasteiger partial charge in [-0.2, -0.15) is 0 Å². The van der Waals surface area contributed by atoms with Crippen LogP contribution in [0.5, 0.6) is 0 Å². The van der Waals surface area contributed by atoms with Crippen LogP contribution in [-0.4, -0.2) is 9.97 Å². The Balaban J connectivity index is 1.75. The fourth-order valence-corrected chi connectivity index (χ4v) is 3.59. The molecule has 19 heavy (non-hydrogen) atoms. The van der Waals surface area contributed by atoms with E-state index in [2.05, 4.69) is 26.1 Å². The van der Waals surface area contributed by atoms with Gasteiger partial charge in [0.1, 0.15) is 5.82 Å². The zero-order valence-electron chi connectivity index (χ0n) is 12.4. The Morgan fingerprint density at radius 3 is 2.47 bits per heavy atom. The second-order valence-electron chi connectivity index (χ2n) is 6.55. The van der Waals surface area contributed by atoms with Gasteiger partial charge >= 0.3 is 0 Å². The van der Waals surface area contributed by atoms with Gasteiger partial charge < -0.3 is 5.32 Å². The number of nitrogens with zero attached hydrogens (tertiary/aromatic N) is 2. The van der Waals surface area contributed by atoms with Gasteiger partial charge in [0, 0.05) is 30.3 Å². The van der Waals surface area contributed by atoms with E-state index >= 15 is 0 Å². The molecule has 1 N–H and O–H groups in total. The van der Waals surface area contributed by atoms with E-state index in [4.69, 9.17) is 9.97 Å². The van der Waals surface area contributed by atoms with Gasteiger partial charge in [0.2, 0.25) is 0 Å². The molecule has 0 saturated heterocycles. The summed E-state index contributed by atoms with van der Waals surface area (Å²) in [7, 11) is 0. The molecule has 1 aromatic rings. The molecule has 104 valence electrons. The van der Waals surface area contributed by atoms with E-state index in [1.807, 2.05) is 0 Å². The SMILES string of the molecule is Cc1nc(C2CCC(C(C)C)CC2)nc2c1CNC2. The number of rotatable bonds is 2. The number of aryl methyl sites for hydroxylation is 1. The van der Waals surface area contributed by atoms with Crippen molar-refractivity contribution >= 4 is 0 Å². The number of fused-ring (bicyclic) bond motifs is 1. The van der Waals surface area contributed by atoms with Gasteiger partial charge in [-0.05, 0) is 44.4 Å². The van der Waals surface area contributed by atoms with Crippen LogP contribution in [0.25, 0.3) is 0 Å². The summed E-state index contributed by atoms with van der Waals surface area (Å²) >= 11 is 0. The minimum absolute atomic E-state index is 0.597. The van der Waals surface area contributed by atoms with Crippen molar-refractivity contribution in [3.63, 3.8) is 0 Å². The highest BCUT2D eigenvalue weighted by Crippen LogP contribution is 2.37. The number of aromatic nitrogens is 2. The lowest BCUT2D eigenvalue weighted by molar-refractivity contribution is 0.254. The van der Waals surface area contributed by atoms with Crippen LogP contribution in [0.15, 0.2) is 0 Å². The van der Waals surface area contributed by atoms with Gasteiger partial charge in [-0.25, -0.2) is 9.97 Å². The molecule has 1 saturated carbocycles. The van der Waals surface area contributed by atoms with Gasteiger partial charge in [-0.3, -0.25) is 0 Å². The molecule has 2 heterocycles. The van der Waals surface area contributed by atoms with Crippen molar-refractivity contribution in [3.05, 3.63) is 22.8 Å². The minimum Gasteiger partial charge on any atom is -0.307 e. The van der Waals surface area contributed by atoms with Crippen LogP contribution in [0.4, 0.5) is 0 Å². The third kappa shape index (κ3) is 2.53. The van der Waals surface area contributed by atoms with Gasteiger partial charge in [-0.1, -0.05) is 13.8 Å². The zero-order valence-corrected chi connectivity index (χ0v) is 12.4. The first-order chi connectivity index (χ1) is 9.15. The standard InChI is InChI=1S/C16H25N3/c1-10(2)12-4-6-13(7-5-12)16-18-11(3)14-8-17-9-15(14)19-16/h10,12-13,17H,4-9H2,1-3H3. The highest BCUT2D eigenvalue weighted by molar-refractivity contribution is 5.29. The molecular weight excluding hydrogens is 234 g/mol. The molecule has 0 atom stereocenters. The van der Waals surface area contributed by atoms with E-state index in [0.717, 1.165) is 30.7 Å². The third-order valence-electron chi connectivity index (χ3n) is 4.99. The Hall–Kier alpha value is -0.960. The fourth-order valence-electron chi connectivity index (χ4n) is 3.59. The largest absolute Gasteiger partial charge is 0.307 e. The summed E-state index contributed by atoms with van der Waals surface area (Å²) in [5.41, 5.74) is 3.77. The maximum absolute atomic E-state index is 4.83. The normalized spacial score (nSPS) is 26.7. The van der Waals surface area contributed by atoms with E-state index in [-0.39, 0.29) is 0 Å². The van der Waals surface area contributed by atoms with E-state index < -0.39 is 0 Å². The van der Waals surface area contributed by atoms with Gasteiger partial charge in [-0.15, -0.1) is 0 Å². The summed E-state index contributed by atoms with van der Waals surface area (Å²) in [6.07, 6.45) is 5.24. The van der Waals surface area contributed by atoms with Crippen LogP contribution in [0.2, 0.25) is 0 Å². The van der Waals surface area contributed by atoms with Crippen LogP contribution in [-0.2, 0) is 13.1 Å². The molecular formula is C16H25N3. The van der Waals surface area contributed by atoms with Crippen molar-refractivity contribution in [2.75, 3.05) is 0 Å². The molecule has 1 aliphatic carbocycles. The first-order valence-electron chi connectivity index (χ1n) is 7.72. The summed E-state index contributed by atoms with van der Waals surface area (Å²) in [6, 6.07) is 0. The van der Waals surface area contributed by atoms with Gasteiger partial charge in [0.25, 0.3) is 0 Å². The lowest BCUT2D eigenvalue weighted by Crippen LogP contribution is -2.19. The second kappa shape index (κ2) is 5.20. The molecule has 0 unspecified atom stereocenters. The fraction of sp³-hybridized carbons (Fsp3) is 0.750. The molecule has 0 aromatic carbocycles. The molecule has 3 rings (SSSR count). The predicted molar refractivity (Wildman–Crippen MR) is 76.8 cm³/mol. The van der Waals surface area contributed by atoms with E-state index in [9.17, 15) is 0 Å². The van der Waals surface area contributed by atoms with Crippen molar-refractivity contribution in [1.82, 2.24) is 15.3 Å². The number of hydrogen-bond acceptors (Lipinski definition) is 3. The average molecular weight is 259 g/mol. The zero-order chi connectivity index (χ0) is 13.4. The van der Waals surface area contributed by atoms with Crippen LogP contribution in [0.3, 0.4) is 0 Å². The lowest BCUT2D eigenvalue weighted by Gasteiger charge is -2.30. The van der Waals surface area contributed by atoms with E-state index in [0.29, 0.717) is 5.92 Å². The monoisotopic (exact) mass is 259 g/mol. The van der Waals surface area contributed by atoms with Gasteiger partial charge in [0.05, 0.1) is 5.69 Å². The maximum Gasteiger partial charge on any atom is 0.132 e. The van der Waals surface area contributed by atoms with Crippen LogP contribution >= 0.6 is 0 Å². The van der Waals surface area contributed by atoms with E-state index in [1.54, 1.807) is 0 Å². The van der Waals surface area contributed by atoms with Crippen LogP contribution in [0.1, 0.15) is 68.2 Å². The molecule has 3 heteroatoms. The summed E-state index contributed by atoms with van der Waals surface area (Å²) in [5.74, 6) is 3.45. The Kier molecular flexibility index (Phi) is 3.57. The third-order valence-corrected chi connectivity index (χ3v) is 4.99. The topological polar surface area (TPSA) is 37.8 Å². The number of nitrogens with one attached hydrogen (secondary N) is 1. The van der Waals surface area contributed by atoms with Crippen molar-refractivity contribution in [2.24, 2.45) is 11.8 Å². The first-order valence-corrected chi connectivity index (χ1v) is 7.72. The molecule has 1 aliphatic heterocycles. The maximum atomic E-state index is 4.83. The summed E-state index contributed by atoms with van der Waals surface area (Å²) < 4.78 is 0. The second-order valence-corrected chi connectivity index (χ2v) is 6.55. The highest BCUT2D eigenvalue weighted by atomic mass is 15.0. The number of hydrogen-bond donors (Lipinski definition) is 1. The Morgan fingerprint density at radius 1 is 1.05 bits per heavy atom. The summed E-state index contributed by atoms with van der Waals surface area (Å²) in [4.78, 5) is 9.62. The Bertz CT molecular complexity index is 459. The van der Waals surface area contributed by atoms with Crippen LogP contribution in [0, 0.1) is 18.8 Å². The molecule has 3 nitrogen and oxygen atoms in total. The first kappa shape index (κ1) is 13.0. The highest BCUT2D eigenvalue weighted by Gasteiger charge is 2.27. The molecule has 1 aromatic heterocycles. The van der Waals surface area contributed by atoms with Crippen molar-refractivity contribution in [2.45, 2.75) is 65.5 Å². The molecule has 0 radical (unpaired) electrons. The lowest BCUT2D eigenvalue weighted by atomic mass is 9.76. The minimum atomic E-state index is 0.597. The van der Waals surface area contributed by atoms with Crippen LogP contribution < -0.4 is 5.32 Å². The summed E-state index contributed by atoms with van der Waals surface area (Å²) in [6.45, 7) is 8.71. The Morgan fingerprint density at radius 2 is 1.79 bits per heavy atom. The molecule has 0 spiro atoms. The molecule has 2 aliphatic rings. The summed E-state index contributed by atoms with van der Waals surface area (Å²) in [5, 5.41) is 3.38. The van der Waals surface area contributed by atoms with Crippen molar-refractivity contribution in [1.29, 1.82) is 0 Å². The smallest absolute Gasteiger partial charge is 0.132 e. The quantitative estimate of drug-likeness (QED) is 0.885.